The predicted octanol–water partition coefficient (Wildman–Crippen LogP) is 3.93. The van der Waals surface area contributed by atoms with Crippen molar-refractivity contribution < 1.29 is 4.79 Å². The molecule has 0 fully saturated rings. The van der Waals surface area contributed by atoms with E-state index in [2.05, 4.69) is 26.3 Å². The number of amides is 1. The van der Waals surface area contributed by atoms with E-state index < -0.39 is 0 Å². The first kappa shape index (κ1) is 14.0. The summed E-state index contributed by atoms with van der Waals surface area (Å²) in [4.78, 5) is 17.5. The maximum Gasteiger partial charge on any atom is 0.228 e. The summed E-state index contributed by atoms with van der Waals surface area (Å²) >= 11 is 3.13. The van der Waals surface area contributed by atoms with Crippen LogP contribution in [0.4, 0.5) is 5.13 Å². The molecule has 0 bridgehead atoms. The highest BCUT2D eigenvalue weighted by Crippen LogP contribution is 2.25. The van der Waals surface area contributed by atoms with Crippen LogP contribution in [0.15, 0.2) is 47.5 Å². The van der Waals surface area contributed by atoms with E-state index in [1.165, 1.54) is 11.3 Å². The lowest BCUT2D eigenvalue weighted by molar-refractivity contribution is -0.116. The Kier molecular flexibility index (Phi) is 4.17. The van der Waals surface area contributed by atoms with Crippen LogP contribution in [-0.2, 0) is 4.79 Å². The maximum absolute atomic E-state index is 12.3. The highest BCUT2D eigenvalue weighted by molar-refractivity contribution is 7.15. The number of aromatic nitrogens is 2. The number of hydrogen-bond acceptors (Lipinski definition) is 4. The fraction of sp³-hybridized carbons (Fsp3) is 0.200. The van der Waals surface area contributed by atoms with Gasteiger partial charge in [-0.2, -0.15) is 11.3 Å². The largest absolute Gasteiger partial charge is 0.346 e. The molecule has 4 nitrogen and oxygen atoms in total. The van der Waals surface area contributed by atoms with E-state index in [0.717, 1.165) is 10.4 Å². The molecule has 0 saturated carbocycles. The number of carbonyl (C=O) groups excluding carboxylic acids is 1. The Morgan fingerprint density at radius 3 is 2.86 bits per heavy atom. The lowest BCUT2D eigenvalue weighted by Crippen LogP contribution is -2.19. The quantitative estimate of drug-likeness (QED) is 0.775. The number of thiophene rings is 1. The molecule has 0 radical (unpaired) electrons. The Balaban J connectivity index is 1.74. The molecule has 3 heterocycles. The van der Waals surface area contributed by atoms with Crippen LogP contribution < -0.4 is 5.32 Å². The number of anilines is 1. The third-order valence-electron chi connectivity index (χ3n) is 3.16. The fourth-order valence-electron chi connectivity index (χ4n) is 2.17. The van der Waals surface area contributed by atoms with Crippen LogP contribution in [0.2, 0.25) is 0 Å². The molecular formula is C15H15N3OS2. The summed E-state index contributed by atoms with van der Waals surface area (Å²) in [6.07, 6.45) is 6.14. The van der Waals surface area contributed by atoms with Gasteiger partial charge in [-0.3, -0.25) is 4.79 Å². The van der Waals surface area contributed by atoms with E-state index in [0.29, 0.717) is 11.6 Å². The summed E-state index contributed by atoms with van der Waals surface area (Å²) in [6, 6.07) is 6.03. The molecule has 0 aliphatic carbocycles. The smallest absolute Gasteiger partial charge is 0.228 e. The SMILES string of the molecule is Cc1cnc(NC(=O)CC(c2ccsc2)n2cccc2)s1. The van der Waals surface area contributed by atoms with Crippen molar-refractivity contribution in [2.45, 2.75) is 19.4 Å². The Hall–Kier alpha value is -1.92. The Morgan fingerprint density at radius 2 is 2.24 bits per heavy atom. The van der Waals surface area contributed by atoms with Gasteiger partial charge >= 0.3 is 0 Å². The molecule has 0 aliphatic heterocycles. The van der Waals surface area contributed by atoms with E-state index in [-0.39, 0.29) is 11.9 Å². The molecule has 3 rings (SSSR count). The minimum absolute atomic E-state index is 0.0192. The van der Waals surface area contributed by atoms with Crippen LogP contribution in [0.1, 0.15) is 22.9 Å². The molecule has 1 atom stereocenters. The lowest BCUT2D eigenvalue weighted by atomic mass is 10.1. The zero-order valence-electron chi connectivity index (χ0n) is 11.5. The van der Waals surface area contributed by atoms with E-state index in [9.17, 15) is 4.79 Å². The van der Waals surface area contributed by atoms with Gasteiger partial charge in [0.1, 0.15) is 0 Å². The molecular weight excluding hydrogens is 302 g/mol. The molecule has 1 unspecified atom stereocenters. The first-order chi connectivity index (χ1) is 10.2. The van der Waals surface area contributed by atoms with Crippen molar-refractivity contribution in [3.05, 3.63) is 58.0 Å². The van der Waals surface area contributed by atoms with Gasteiger partial charge in [0, 0.05) is 23.5 Å². The second-order valence-corrected chi connectivity index (χ2v) is 6.75. The van der Waals surface area contributed by atoms with E-state index >= 15 is 0 Å². The number of carbonyl (C=O) groups is 1. The fourth-order valence-corrected chi connectivity index (χ4v) is 3.56. The lowest BCUT2D eigenvalue weighted by Gasteiger charge is -2.17. The molecule has 0 aliphatic rings. The number of thiazole rings is 1. The van der Waals surface area contributed by atoms with Crippen LogP contribution >= 0.6 is 22.7 Å². The van der Waals surface area contributed by atoms with Crippen molar-refractivity contribution in [3.63, 3.8) is 0 Å². The molecule has 21 heavy (non-hydrogen) atoms. The molecule has 6 heteroatoms. The van der Waals surface area contributed by atoms with Crippen LogP contribution in [0.25, 0.3) is 0 Å². The molecule has 0 spiro atoms. The van der Waals surface area contributed by atoms with Crippen molar-refractivity contribution in [1.82, 2.24) is 9.55 Å². The minimum atomic E-state index is -0.0192. The topological polar surface area (TPSA) is 46.9 Å². The summed E-state index contributed by atoms with van der Waals surface area (Å²) in [5.74, 6) is -0.0192. The molecule has 108 valence electrons. The average molecular weight is 317 g/mol. The summed E-state index contributed by atoms with van der Waals surface area (Å²) in [5.41, 5.74) is 1.15. The summed E-state index contributed by atoms with van der Waals surface area (Å²) in [7, 11) is 0. The zero-order chi connectivity index (χ0) is 14.7. The number of rotatable bonds is 5. The van der Waals surface area contributed by atoms with Gasteiger partial charge in [0.15, 0.2) is 5.13 Å². The van der Waals surface area contributed by atoms with Gasteiger partial charge in [-0.05, 0) is 41.4 Å². The summed E-state index contributed by atoms with van der Waals surface area (Å²) in [6.45, 7) is 1.97. The van der Waals surface area contributed by atoms with Gasteiger partial charge in [-0.15, -0.1) is 11.3 Å². The van der Waals surface area contributed by atoms with Gasteiger partial charge < -0.3 is 9.88 Å². The normalized spacial score (nSPS) is 12.2. The Bertz CT molecular complexity index is 667. The monoisotopic (exact) mass is 317 g/mol. The van der Waals surface area contributed by atoms with Crippen molar-refractivity contribution in [2.75, 3.05) is 5.32 Å². The van der Waals surface area contributed by atoms with Gasteiger partial charge in [0.25, 0.3) is 0 Å². The number of hydrogen-bond donors (Lipinski definition) is 1. The van der Waals surface area contributed by atoms with Crippen LogP contribution in [-0.4, -0.2) is 15.5 Å². The number of nitrogens with one attached hydrogen (secondary N) is 1. The first-order valence-electron chi connectivity index (χ1n) is 6.59. The highest BCUT2D eigenvalue weighted by Gasteiger charge is 2.18. The third-order valence-corrected chi connectivity index (χ3v) is 4.69. The standard InChI is InChI=1S/C15H15N3OS2/c1-11-9-16-15(21-11)17-14(19)8-13(12-4-7-20-10-12)18-5-2-3-6-18/h2-7,9-10,13H,8H2,1H3,(H,16,17,19). The summed E-state index contributed by atoms with van der Waals surface area (Å²) < 4.78 is 2.06. The highest BCUT2D eigenvalue weighted by atomic mass is 32.1. The zero-order valence-corrected chi connectivity index (χ0v) is 13.2. The van der Waals surface area contributed by atoms with Crippen LogP contribution in [0, 0.1) is 6.92 Å². The molecule has 1 N–H and O–H groups in total. The predicted molar refractivity (Wildman–Crippen MR) is 87.0 cm³/mol. The third kappa shape index (κ3) is 3.40. The van der Waals surface area contributed by atoms with Gasteiger partial charge in [-0.1, -0.05) is 0 Å². The van der Waals surface area contributed by atoms with E-state index in [1.54, 1.807) is 17.5 Å². The number of nitrogens with zero attached hydrogens (tertiary/aromatic N) is 2. The van der Waals surface area contributed by atoms with Crippen molar-refractivity contribution >= 4 is 33.7 Å². The summed E-state index contributed by atoms with van der Waals surface area (Å²) in [5, 5.41) is 7.66. The second-order valence-electron chi connectivity index (χ2n) is 4.73. The van der Waals surface area contributed by atoms with Crippen molar-refractivity contribution in [1.29, 1.82) is 0 Å². The molecule has 1 amide bonds. The molecule has 0 saturated heterocycles. The van der Waals surface area contributed by atoms with Gasteiger partial charge in [0.2, 0.25) is 5.91 Å². The second kappa shape index (κ2) is 6.24. The Morgan fingerprint density at radius 1 is 1.43 bits per heavy atom. The average Bonchev–Trinajstić information content (AvgIpc) is 3.19. The van der Waals surface area contributed by atoms with Gasteiger partial charge in [-0.25, -0.2) is 4.98 Å². The van der Waals surface area contributed by atoms with E-state index in [1.807, 2.05) is 36.8 Å². The maximum atomic E-state index is 12.3. The molecule has 3 aromatic rings. The van der Waals surface area contributed by atoms with Gasteiger partial charge in [0.05, 0.1) is 12.5 Å². The van der Waals surface area contributed by atoms with Crippen molar-refractivity contribution in [3.8, 4) is 0 Å². The molecule has 3 aromatic heterocycles. The minimum Gasteiger partial charge on any atom is -0.346 e. The van der Waals surface area contributed by atoms with Crippen molar-refractivity contribution in [2.24, 2.45) is 0 Å². The first-order valence-corrected chi connectivity index (χ1v) is 8.35. The van der Waals surface area contributed by atoms with Crippen LogP contribution in [0.5, 0.6) is 0 Å². The number of aryl methyl sites for hydroxylation is 1. The van der Waals surface area contributed by atoms with E-state index in [4.69, 9.17) is 0 Å². The van der Waals surface area contributed by atoms with Crippen LogP contribution in [0.3, 0.4) is 0 Å². The molecule has 0 aromatic carbocycles. The Labute approximate surface area is 131 Å².